The molecule has 0 aliphatic carbocycles. The highest BCUT2D eigenvalue weighted by atomic mass is 31.2. The zero-order valence-electron chi connectivity index (χ0n) is 21.4. The van der Waals surface area contributed by atoms with E-state index in [0.717, 1.165) is 11.9 Å². The van der Waals surface area contributed by atoms with Crippen molar-refractivity contribution in [2.75, 3.05) is 6.61 Å². The molecule has 0 atom stereocenters. The molecular weight excluding hydrogens is 487 g/mol. The summed E-state index contributed by atoms with van der Waals surface area (Å²) in [5.41, 5.74) is 1.57. The normalized spacial score (nSPS) is 10.7. The van der Waals surface area contributed by atoms with E-state index in [9.17, 15) is 9.90 Å². The lowest BCUT2D eigenvalue weighted by molar-refractivity contribution is -0.255. The number of para-hydroxylation sites is 1. The van der Waals surface area contributed by atoms with E-state index in [1.165, 1.54) is 33.6 Å². The lowest BCUT2D eigenvalue weighted by Gasteiger charge is -2.29. The molecule has 0 aliphatic heterocycles. The molecule has 0 radical (unpaired) electrons. The van der Waals surface area contributed by atoms with Crippen molar-refractivity contribution in [3.63, 3.8) is 0 Å². The van der Waals surface area contributed by atoms with Crippen molar-refractivity contribution in [1.82, 2.24) is 0 Å². The summed E-state index contributed by atoms with van der Waals surface area (Å²) < 4.78 is 6.15. The van der Waals surface area contributed by atoms with Crippen molar-refractivity contribution in [2.24, 2.45) is 0 Å². The fourth-order valence-corrected chi connectivity index (χ4v) is 8.91. The van der Waals surface area contributed by atoms with Crippen molar-refractivity contribution in [3.8, 4) is 5.75 Å². The zero-order valence-corrected chi connectivity index (χ0v) is 22.3. The summed E-state index contributed by atoms with van der Waals surface area (Å²) in [5.74, 6) is -0.137. The van der Waals surface area contributed by atoms with Gasteiger partial charge in [0.2, 0.25) is 0 Å². The lowest BCUT2D eigenvalue weighted by atomic mass is 10.2. The van der Waals surface area contributed by atoms with E-state index < -0.39 is 13.2 Å². The molecule has 0 saturated carbocycles. The molecule has 0 saturated heterocycles. The van der Waals surface area contributed by atoms with Crippen LogP contribution in [0.4, 0.5) is 0 Å². The van der Waals surface area contributed by atoms with Gasteiger partial charge in [-0.05, 0) is 54.4 Å². The monoisotopic (exact) mass is 518 g/mol. The third kappa shape index (κ3) is 6.37. The summed E-state index contributed by atoms with van der Waals surface area (Å²) >= 11 is 0. The number of carbonyl (C=O) groups is 1. The van der Waals surface area contributed by atoms with Gasteiger partial charge in [0.1, 0.15) is 23.2 Å². The molecule has 38 heavy (non-hydrogen) atoms. The van der Waals surface area contributed by atoms with Crippen LogP contribution in [-0.4, -0.2) is 12.6 Å². The fourth-order valence-electron chi connectivity index (χ4n) is 4.54. The number of hydrogen-bond acceptors (Lipinski definition) is 3. The van der Waals surface area contributed by atoms with E-state index in [1.807, 2.05) is 0 Å². The highest BCUT2D eigenvalue weighted by molar-refractivity contribution is 7.95. The fraction of sp³-hybridized carbons (Fsp3) is 0.0882. The first kappa shape index (κ1) is 26.9. The SMILES string of the molecule is CCOc1ccccc1[P+](Cc1ccccc1)(c1ccccc1)c1ccccc1.O=C([O-])c1ccccc1. The third-order valence-electron chi connectivity index (χ3n) is 6.24. The van der Waals surface area contributed by atoms with Crippen LogP contribution in [0.2, 0.25) is 0 Å². The largest absolute Gasteiger partial charge is 0.545 e. The predicted molar refractivity (Wildman–Crippen MR) is 157 cm³/mol. The molecule has 0 bridgehead atoms. The molecule has 4 heteroatoms. The van der Waals surface area contributed by atoms with Crippen LogP contribution in [0.1, 0.15) is 22.8 Å². The Morgan fingerprint density at radius 2 is 1.08 bits per heavy atom. The van der Waals surface area contributed by atoms with Crippen LogP contribution >= 0.6 is 7.26 Å². The second kappa shape index (κ2) is 13.4. The van der Waals surface area contributed by atoms with Gasteiger partial charge in [-0.15, -0.1) is 0 Å². The number of carboxylic acids is 1. The summed E-state index contributed by atoms with van der Waals surface area (Å²) in [4.78, 5) is 10.1. The highest BCUT2D eigenvalue weighted by Gasteiger charge is 2.47. The van der Waals surface area contributed by atoms with Crippen LogP contribution in [0.15, 0.2) is 146 Å². The molecule has 0 unspecified atom stereocenters. The van der Waals surface area contributed by atoms with Gasteiger partial charge >= 0.3 is 0 Å². The highest BCUT2D eigenvalue weighted by Crippen LogP contribution is 2.59. The van der Waals surface area contributed by atoms with E-state index in [2.05, 4.69) is 122 Å². The van der Waals surface area contributed by atoms with Crippen LogP contribution in [-0.2, 0) is 6.16 Å². The molecule has 0 spiro atoms. The molecule has 0 N–H and O–H groups in total. The molecule has 5 aromatic carbocycles. The number of carbonyl (C=O) groups excluding carboxylic acids is 1. The maximum absolute atomic E-state index is 10.1. The molecule has 0 aliphatic rings. The number of carboxylic acid groups (broad SMARTS) is 1. The Morgan fingerprint density at radius 1 is 0.632 bits per heavy atom. The van der Waals surface area contributed by atoms with Crippen molar-refractivity contribution >= 4 is 29.1 Å². The average molecular weight is 519 g/mol. The summed E-state index contributed by atoms with van der Waals surface area (Å²) in [6, 6.07) is 49.4. The molecule has 190 valence electrons. The summed E-state index contributed by atoms with van der Waals surface area (Å²) in [7, 11) is -1.97. The third-order valence-corrected chi connectivity index (χ3v) is 10.6. The average Bonchev–Trinajstić information content (AvgIpc) is 2.99. The molecule has 0 fully saturated rings. The van der Waals surface area contributed by atoms with Crippen molar-refractivity contribution in [2.45, 2.75) is 13.1 Å². The van der Waals surface area contributed by atoms with Gasteiger partial charge in [0.25, 0.3) is 0 Å². The van der Waals surface area contributed by atoms with Gasteiger partial charge in [-0.3, -0.25) is 0 Å². The van der Waals surface area contributed by atoms with Crippen LogP contribution < -0.4 is 25.8 Å². The summed E-state index contributed by atoms with van der Waals surface area (Å²) in [6.45, 7) is 2.71. The molecule has 0 heterocycles. The van der Waals surface area contributed by atoms with E-state index in [4.69, 9.17) is 4.74 Å². The van der Waals surface area contributed by atoms with Crippen LogP contribution in [0, 0.1) is 0 Å². The summed E-state index contributed by atoms with van der Waals surface area (Å²) in [5, 5.41) is 14.2. The zero-order chi connectivity index (χ0) is 26.6. The molecule has 3 nitrogen and oxygen atoms in total. The molecular formula is C34H31O3P. The van der Waals surface area contributed by atoms with Gasteiger partial charge in [-0.25, -0.2) is 0 Å². The number of aromatic carboxylic acids is 1. The van der Waals surface area contributed by atoms with Gasteiger partial charge in [0.05, 0.1) is 18.7 Å². The van der Waals surface area contributed by atoms with E-state index in [0.29, 0.717) is 6.61 Å². The molecule has 0 aromatic heterocycles. The second-order valence-electron chi connectivity index (χ2n) is 8.68. The first-order valence-corrected chi connectivity index (χ1v) is 14.6. The van der Waals surface area contributed by atoms with Crippen LogP contribution in [0.25, 0.3) is 0 Å². The minimum atomic E-state index is -1.97. The minimum Gasteiger partial charge on any atom is -0.545 e. The first-order valence-electron chi connectivity index (χ1n) is 12.7. The van der Waals surface area contributed by atoms with Gasteiger partial charge in [0, 0.05) is 0 Å². The number of benzene rings is 5. The topological polar surface area (TPSA) is 49.4 Å². The van der Waals surface area contributed by atoms with E-state index >= 15 is 0 Å². The van der Waals surface area contributed by atoms with E-state index in [1.54, 1.807) is 18.2 Å². The van der Waals surface area contributed by atoms with Crippen molar-refractivity contribution < 1.29 is 14.6 Å². The Morgan fingerprint density at radius 3 is 1.55 bits per heavy atom. The summed E-state index contributed by atoms with van der Waals surface area (Å²) in [6.07, 6.45) is 0.964. The minimum absolute atomic E-state index is 0.220. The first-order chi connectivity index (χ1) is 18.6. The van der Waals surface area contributed by atoms with Gasteiger partial charge < -0.3 is 14.6 Å². The van der Waals surface area contributed by atoms with Crippen LogP contribution in [0.5, 0.6) is 5.75 Å². The van der Waals surface area contributed by atoms with Crippen molar-refractivity contribution in [1.29, 1.82) is 0 Å². The van der Waals surface area contributed by atoms with Gasteiger partial charge in [-0.2, -0.15) is 0 Å². The van der Waals surface area contributed by atoms with E-state index in [-0.39, 0.29) is 5.56 Å². The van der Waals surface area contributed by atoms with Gasteiger partial charge in [0.15, 0.2) is 5.75 Å². The lowest BCUT2D eigenvalue weighted by Crippen LogP contribution is -2.33. The standard InChI is InChI=1S/C27H26OP.C7H6O2/c1-2-28-26-20-12-13-21-27(26)29(24-16-8-4-9-17-24,25-18-10-5-11-19-25)22-23-14-6-3-7-15-23;8-7(9)6-4-2-1-3-5-6/h3-21H,2,22H2,1H3;1-5H,(H,8,9)/q+1;/p-1. The number of ether oxygens (including phenoxy) is 1. The van der Waals surface area contributed by atoms with Crippen molar-refractivity contribution in [3.05, 3.63) is 157 Å². The Kier molecular flexibility index (Phi) is 9.45. The second-order valence-corrected chi connectivity index (χ2v) is 12.1. The molecule has 5 rings (SSSR count). The Hall–Kier alpha value is -4.20. The molecule has 0 amide bonds. The number of rotatable bonds is 8. The van der Waals surface area contributed by atoms with Crippen LogP contribution in [0.3, 0.4) is 0 Å². The maximum atomic E-state index is 10.1. The quantitative estimate of drug-likeness (QED) is 0.250. The Labute approximate surface area is 225 Å². The Balaban J connectivity index is 0.000000317. The predicted octanol–water partition coefficient (Wildman–Crippen LogP) is 5.63. The maximum Gasteiger partial charge on any atom is 0.162 e. The number of hydrogen-bond donors (Lipinski definition) is 0. The Bertz CT molecular complexity index is 1370. The van der Waals surface area contributed by atoms with Gasteiger partial charge in [-0.1, -0.05) is 109 Å². The molecule has 5 aromatic rings. The smallest absolute Gasteiger partial charge is 0.162 e.